The van der Waals surface area contributed by atoms with Gasteiger partial charge < -0.3 is 10.4 Å². The third-order valence-corrected chi connectivity index (χ3v) is 3.11. The van der Waals surface area contributed by atoms with E-state index in [9.17, 15) is 5.11 Å². The molecule has 0 bridgehead atoms. The maximum absolute atomic E-state index is 10.4. The molecule has 1 heterocycles. The Bertz CT molecular complexity index is 324. The van der Waals surface area contributed by atoms with Crippen LogP contribution in [0.25, 0.3) is 0 Å². The molecule has 1 unspecified atom stereocenters. The molecule has 1 fully saturated rings. The van der Waals surface area contributed by atoms with E-state index >= 15 is 0 Å². The van der Waals surface area contributed by atoms with Crippen molar-refractivity contribution in [1.29, 1.82) is 0 Å². The zero-order chi connectivity index (χ0) is 11.4. The number of rotatable bonds is 3. The first-order valence-corrected chi connectivity index (χ1v) is 5.61. The summed E-state index contributed by atoms with van der Waals surface area (Å²) >= 11 is 0. The van der Waals surface area contributed by atoms with E-state index in [2.05, 4.69) is 10.2 Å². The third kappa shape index (κ3) is 2.10. The molecule has 1 aliphatic rings. The summed E-state index contributed by atoms with van der Waals surface area (Å²) in [6.07, 6.45) is 2.90. The van der Waals surface area contributed by atoms with Crippen LogP contribution in [0.2, 0.25) is 0 Å². The van der Waals surface area contributed by atoms with Crippen molar-refractivity contribution in [2.24, 2.45) is 0 Å². The molecule has 1 saturated heterocycles. The predicted molar refractivity (Wildman–Crippen MR) is 59.7 cm³/mol. The lowest BCUT2D eigenvalue weighted by Gasteiger charge is -2.36. The van der Waals surface area contributed by atoms with Crippen LogP contribution in [0.4, 0.5) is 0 Å². The smallest absolute Gasteiger partial charge is 0.240 e. The summed E-state index contributed by atoms with van der Waals surface area (Å²) in [6.45, 7) is 0.836. The Morgan fingerprint density at radius 1 is 1.25 bits per heavy atom. The standard InChI is InChI=1S/C12H17NO3/c14-12(16-15,10-6-2-1-3-7-10)11-8-4-5-9-13-11/h1-3,6-7,11,13-15H,4-5,8-9H2/t11?,12-/m1/s1. The van der Waals surface area contributed by atoms with Gasteiger partial charge in [0.15, 0.2) is 0 Å². The van der Waals surface area contributed by atoms with Gasteiger partial charge in [0, 0.05) is 5.56 Å². The highest BCUT2D eigenvalue weighted by Gasteiger charge is 2.40. The molecule has 0 saturated carbocycles. The number of hydrogen-bond donors (Lipinski definition) is 3. The summed E-state index contributed by atoms with van der Waals surface area (Å²) in [7, 11) is 0. The molecule has 0 spiro atoms. The minimum atomic E-state index is -1.65. The van der Waals surface area contributed by atoms with E-state index in [1.165, 1.54) is 0 Å². The number of benzene rings is 1. The molecule has 0 radical (unpaired) electrons. The second-order valence-electron chi connectivity index (χ2n) is 4.16. The Hall–Kier alpha value is -0.940. The van der Waals surface area contributed by atoms with Gasteiger partial charge in [-0.15, -0.1) is 0 Å². The highest BCUT2D eigenvalue weighted by atomic mass is 17.1. The van der Waals surface area contributed by atoms with Crippen LogP contribution in [0, 0.1) is 0 Å². The van der Waals surface area contributed by atoms with Gasteiger partial charge in [0.1, 0.15) is 0 Å². The van der Waals surface area contributed by atoms with Crippen molar-refractivity contribution in [3.05, 3.63) is 35.9 Å². The van der Waals surface area contributed by atoms with E-state index < -0.39 is 5.79 Å². The van der Waals surface area contributed by atoms with Crippen LogP contribution in [0.1, 0.15) is 24.8 Å². The Kier molecular flexibility index (Phi) is 3.56. The fourth-order valence-corrected chi connectivity index (χ4v) is 2.18. The molecule has 4 nitrogen and oxygen atoms in total. The molecule has 0 aliphatic carbocycles. The Labute approximate surface area is 94.8 Å². The second kappa shape index (κ2) is 4.93. The fraction of sp³-hybridized carbons (Fsp3) is 0.500. The van der Waals surface area contributed by atoms with Gasteiger partial charge in [-0.25, -0.2) is 5.26 Å². The molecular weight excluding hydrogens is 206 g/mol. The zero-order valence-electron chi connectivity index (χ0n) is 9.10. The Morgan fingerprint density at radius 3 is 2.56 bits per heavy atom. The van der Waals surface area contributed by atoms with Gasteiger partial charge in [-0.2, -0.15) is 4.89 Å². The lowest BCUT2D eigenvalue weighted by molar-refractivity contribution is -0.410. The molecule has 2 atom stereocenters. The minimum Gasteiger partial charge on any atom is -0.359 e. The molecule has 1 aliphatic heterocycles. The number of hydrogen-bond acceptors (Lipinski definition) is 4. The molecule has 16 heavy (non-hydrogen) atoms. The van der Waals surface area contributed by atoms with E-state index in [1.807, 2.05) is 18.2 Å². The fourth-order valence-electron chi connectivity index (χ4n) is 2.18. The number of aliphatic hydroxyl groups is 1. The Morgan fingerprint density at radius 2 is 2.00 bits per heavy atom. The highest BCUT2D eigenvalue weighted by molar-refractivity contribution is 5.22. The minimum absolute atomic E-state index is 0.270. The van der Waals surface area contributed by atoms with Gasteiger partial charge in [0.05, 0.1) is 6.04 Å². The van der Waals surface area contributed by atoms with Crippen LogP contribution in [0.15, 0.2) is 30.3 Å². The molecule has 88 valence electrons. The van der Waals surface area contributed by atoms with E-state index in [4.69, 9.17) is 5.26 Å². The van der Waals surface area contributed by atoms with Crippen molar-refractivity contribution in [3.63, 3.8) is 0 Å². The Balaban J connectivity index is 2.24. The van der Waals surface area contributed by atoms with Gasteiger partial charge in [0.25, 0.3) is 0 Å². The molecule has 1 aromatic carbocycles. The van der Waals surface area contributed by atoms with Crippen molar-refractivity contribution >= 4 is 0 Å². The summed E-state index contributed by atoms with van der Waals surface area (Å²) in [5, 5.41) is 22.6. The quantitative estimate of drug-likeness (QED) is 0.412. The van der Waals surface area contributed by atoms with Crippen LogP contribution in [-0.2, 0) is 10.7 Å². The van der Waals surface area contributed by atoms with Crippen molar-refractivity contribution in [2.45, 2.75) is 31.1 Å². The van der Waals surface area contributed by atoms with Crippen LogP contribution < -0.4 is 5.32 Å². The van der Waals surface area contributed by atoms with Gasteiger partial charge in [0.2, 0.25) is 5.79 Å². The molecule has 0 aromatic heterocycles. The molecule has 0 amide bonds. The number of piperidine rings is 1. The topological polar surface area (TPSA) is 61.7 Å². The lowest BCUT2D eigenvalue weighted by Crippen LogP contribution is -2.52. The van der Waals surface area contributed by atoms with Crippen LogP contribution >= 0.6 is 0 Å². The first-order chi connectivity index (χ1) is 7.77. The average Bonchev–Trinajstić information content (AvgIpc) is 2.40. The molecular formula is C12H17NO3. The van der Waals surface area contributed by atoms with E-state index in [0.717, 1.165) is 25.8 Å². The average molecular weight is 223 g/mol. The monoisotopic (exact) mass is 223 g/mol. The van der Waals surface area contributed by atoms with E-state index in [0.29, 0.717) is 5.56 Å². The molecule has 3 N–H and O–H groups in total. The van der Waals surface area contributed by atoms with Crippen LogP contribution in [0.5, 0.6) is 0 Å². The largest absolute Gasteiger partial charge is 0.359 e. The van der Waals surface area contributed by atoms with Gasteiger partial charge in [-0.3, -0.25) is 0 Å². The second-order valence-corrected chi connectivity index (χ2v) is 4.16. The predicted octanol–water partition coefficient (Wildman–Crippen LogP) is 1.46. The summed E-state index contributed by atoms with van der Waals surface area (Å²) in [4.78, 5) is 4.36. The van der Waals surface area contributed by atoms with Gasteiger partial charge in [-0.05, 0) is 19.4 Å². The van der Waals surface area contributed by atoms with Gasteiger partial charge in [-0.1, -0.05) is 36.8 Å². The third-order valence-electron chi connectivity index (χ3n) is 3.11. The zero-order valence-corrected chi connectivity index (χ0v) is 9.10. The van der Waals surface area contributed by atoms with Crippen molar-refractivity contribution < 1.29 is 15.3 Å². The van der Waals surface area contributed by atoms with Crippen LogP contribution in [0.3, 0.4) is 0 Å². The first kappa shape index (κ1) is 11.5. The summed E-state index contributed by atoms with van der Waals surface area (Å²) in [5.74, 6) is -1.65. The maximum Gasteiger partial charge on any atom is 0.240 e. The summed E-state index contributed by atoms with van der Waals surface area (Å²) in [5.41, 5.74) is 0.567. The SMILES string of the molecule is OO[C@](O)(c1ccccc1)C1CCCCN1. The van der Waals surface area contributed by atoms with Crippen molar-refractivity contribution in [1.82, 2.24) is 5.32 Å². The van der Waals surface area contributed by atoms with Gasteiger partial charge >= 0.3 is 0 Å². The van der Waals surface area contributed by atoms with E-state index in [1.54, 1.807) is 12.1 Å². The molecule has 4 heteroatoms. The summed E-state index contributed by atoms with van der Waals surface area (Å²) < 4.78 is 0. The van der Waals surface area contributed by atoms with E-state index in [-0.39, 0.29) is 6.04 Å². The molecule has 1 aromatic rings. The highest BCUT2D eigenvalue weighted by Crippen LogP contribution is 2.29. The molecule has 2 rings (SSSR count). The van der Waals surface area contributed by atoms with Crippen LogP contribution in [-0.4, -0.2) is 23.0 Å². The maximum atomic E-state index is 10.4. The van der Waals surface area contributed by atoms with Crippen molar-refractivity contribution in [2.75, 3.05) is 6.54 Å². The normalized spacial score (nSPS) is 25.0. The lowest BCUT2D eigenvalue weighted by atomic mass is 9.91. The van der Waals surface area contributed by atoms with Crippen molar-refractivity contribution in [3.8, 4) is 0 Å². The first-order valence-electron chi connectivity index (χ1n) is 5.61. The number of nitrogens with one attached hydrogen (secondary N) is 1. The summed E-state index contributed by atoms with van der Waals surface area (Å²) in [6, 6.07) is 8.69.